The number of hydrogen-bond acceptors (Lipinski definition) is 3. The zero-order valence-electron chi connectivity index (χ0n) is 15.9. The molecule has 0 unspecified atom stereocenters. The zero-order valence-corrected chi connectivity index (χ0v) is 15.9. The molecule has 138 valence electrons. The minimum Gasteiger partial charge on any atom is -0.377 e. The molecule has 25 heavy (non-hydrogen) atoms. The molecule has 1 aromatic rings. The Balaban J connectivity index is 1.88. The Kier molecular flexibility index (Phi) is 6.22. The summed E-state index contributed by atoms with van der Waals surface area (Å²) in [5, 5.41) is 5.42. The van der Waals surface area contributed by atoms with Gasteiger partial charge in [0.15, 0.2) is 0 Å². The van der Waals surface area contributed by atoms with E-state index in [2.05, 4.69) is 45.3 Å². The van der Waals surface area contributed by atoms with Crippen LogP contribution in [0.4, 0.5) is 5.69 Å². The summed E-state index contributed by atoms with van der Waals surface area (Å²) in [6.45, 7) is 11.7. The summed E-state index contributed by atoms with van der Waals surface area (Å²) in [7, 11) is 0. The molecule has 5 nitrogen and oxygen atoms in total. The molecule has 0 radical (unpaired) electrons. The maximum absolute atomic E-state index is 12.1. The molecule has 0 aliphatic carbocycles. The zero-order chi connectivity index (χ0) is 18.6. The lowest BCUT2D eigenvalue weighted by atomic mass is 9.81. The summed E-state index contributed by atoms with van der Waals surface area (Å²) in [5.41, 5.74) is 1.78. The van der Waals surface area contributed by atoms with Gasteiger partial charge in [-0.1, -0.05) is 46.8 Å². The Morgan fingerprint density at radius 1 is 1.24 bits per heavy atom. The van der Waals surface area contributed by atoms with E-state index in [9.17, 15) is 9.59 Å². The van der Waals surface area contributed by atoms with Crippen LogP contribution in [0, 0.1) is 11.3 Å². The number of ether oxygens (including phenoxy) is 1. The van der Waals surface area contributed by atoms with Crippen molar-refractivity contribution in [2.45, 2.75) is 53.1 Å². The van der Waals surface area contributed by atoms with E-state index in [1.807, 2.05) is 18.2 Å². The highest BCUT2D eigenvalue weighted by atomic mass is 16.5. The Labute approximate surface area is 150 Å². The van der Waals surface area contributed by atoms with E-state index in [1.54, 1.807) is 6.07 Å². The van der Waals surface area contributed by atoms with Crippen LogP contribution < -0.4 is 10.6 Å². The van der Waals surface area contributed by atoms with Crippen molar-refractivity contribution in [3.8, 4) is 0 Å². The van der Waals surface area contributed by atoms with Crippen LogP contribution in [0.2, 0.25) is 0 Å². The lowest BCUT2D eigenvalue weighted by molar-refractivity contribution is -0.136. The van der Waals surface area contributed by atoms with Crippen LogP contribution in [-0.4, -0.2) is 31.1 Å². The first-order valence-electron chi connectivity index (χ1n) is 8.99. The first-order valence-corrected chi connectivity index (χ1v) is 8.99. The fourth-order valence-electron chi connectivity index (χ4n) is 3.27. The van der Waals surface area contributed by atoms with E-state index < -0.39 is 11.8 Å². The minimum absolute atomic E-state index is 0.0193. The van der Waals surface area contributed by atoms with Crippen LogP contribution in [0.3, 0.4) is 0 Å². The van der Waals surface area contributed by atoms with Gasteiger partial charge in [0.2, 0.25) is 0 Å². The van der Waals surface area contributed by atoms with Gasteiger partial charge in [-0.05, 0) is 35.4 Å². The number of carbonyl (C=O) groups excluding carboxylic acids is 2. The van der Waals surface area contributed by atoms with Gasteiger partial charge in [-0.25, -0.2) is 0 Å². The van der Waals surface area contributed by atoms with Crippen molar-refractivity contribution in [1.29, 1.82) is 0 Å². The smallest absolute Gasteiger partial charge is 0.313 e. The molecule has 2 N–H and O–H groups in total. The molecule has 0 aromatic heterocycles. The predicted octanol–water partition coefficient (Wildman–Crippen LogP) is 3.32. The van der Waals surface area contributed by atoms with Gasteiger partial charge in [0, 0.05) is 24.8 Å². The lowest BCUT2D eigenvalue weighted by Crippen LogP contribution is -2.42. The first-order chi connectivity index (χ1) is 11.7. The molecule has 2 amide bonds. The third kappa shape index (κ3) is 5.30. The van der Waals surface area contributed by atoms with Crippen LogP contribution >= 0.6 is 0 Å². The Hall–Kier alpha value is -1.88. The highest BCUT2D eigenvalue weighted by Crippen LogP contribution is 2.34. The molecule has 0 spiro atoms. The van der Waals surface area contributed by atoms with Crippen LogP contribution in [0.25, 0.3) is 0 Å². The molecule has 2 atom stereocenters. The molecule has 0 saturated carbocycles. The average Bonchev–Trinajstić information content (AvgIpc) is 3.01. The van der Waals surface area contributed by atoms with E-state index in [4.69, 9.17) is 4.74 Å². The van der Waals surface area contributed by atoms with Crippen molar-refractivity contribution in [2.75, 3.05) is 18.5 Å². The quantitative estimate of drug-likeness (QED) is 0.822. The molecule has 1 aliphatic rings. The largest absolute Gasteiger partial charge is 0.377 e. The Morgan fingerprint density at radius 3 is 2.60 bits per heavy atom. The fourth-order valence-corrected chi connectivity index (χ4v) is 3.27. The molecule has 5 heteroatoms. The summed E-state index contributed by atoms with van der Waals surface area (Å²) >= 11 is 0. The molecule has 0 bridgehead atoms. The van der Waals surface area contributed by atoms with Crippen molar-refractivity contribution in [3.63, 3.8) is 0 Å². The molecule has 2 rings (SSSR count). The second-order valence-corrected chi connectivity index (χ2v) is 8.15. The topological polar surface area (TPSA) is 67.4 Å². The molecular formula is C20H30N2O3. The third-order valence-corrected chi connectivity index (χ3v) is 4.61. The van der Waals surface area contributed by atoms with Gasteiger partial charge in [0.05, 0.1) is 6.10 Å². The van der Waals surface area contributed by atoms with E-state index >= 15 is 0 Å². The van der Waals surface area contributed by atoms with E-state index in [-0.39, 0.29) is 17.4 Å². The van der Waals surface area contributed by atoms with Crippen LogP contribution in [0.5, 0.6) is 0 Å². The van der Waals surface area contributed by atoms with Crippen LogP contribution in [-0.2, 0) is 14.3 Å². The summed E-state index contributed by atoms with van der Waals surface area (Å²) in [6, 6.07) is 7.58. The number of amides is 2. The van der Waals surface area contributed by atoms with Gasteiger partial charge in [0.1, 0.15) is 0 Å². The van der Waals surface area contributed by atoms with Crippen LogP contribution in [0.15, 0.2) is 24.3 Å². The van der Waals surface area contributed by atoms with Crippen LogP contribution in [0.1, 0.15) is 52.5 Å². The van der Waals surface area contributed by atoms with Crippen molar-refractivity contribution in [3.05, 3.63) is 29.8 Å². The fraction of sp³-hybridized carbons (Fsp3) is 0.600. The highest BCUT2D eigenvalue weighted by molar-refractivity contribution is 6.39. The second-order valence-electron chi connectivity index (χ2n) is 8.15. The molecule has 1 fully saturated rings. The average molecular weight is 346 g/mol. The van der Waals surface area contributed by atoms with Crippen molar-refractivity contribution in [2.24, 2.45) is 11.3 Å². The number of benzene rings is 1. The number of anilines is 1. The van der Waals surface area contributed by atoms with Crippen molar-refractivity contribution in [1.82, 2.24) is 5.32 Å². The molecular weight excluding hydrogens is 316 g/mol. The minimum atomic E-state index is -0.632. The SMILES string of the molecule is CC(C)c1cccc(NC(=O)C(=O)NC[C@@H]2CCO[C@@H]2C(C)(C)C)c1. The maximum Gasteiger partial charge on any atom is 0.313 e. The van der Waals surface area contributed by atoms with Crippen molar-refractivity contribution < 1.29 is 14.3 Å². The highest BCUT2D eigenvalue weighted by Gasteiger charge is 2.37. The summed E-state index contributed by atoms with van der Waals surface area (Å²) in [5.74, 6) is -0.634. The summed E-state index contributed by atoms with van der Waals surface area (Å²) in [4.78, 5) is 24.2. The normalized spacial score (nSPS) is 20.6. The van der Waals surface area contributed by atoms with E-state index in [0.29, 0.717) is 24.8 Å². The van der Waals surface area contributed by atoms with Gasteiger partial charge in [-0.3, -0.25) is 9.59 Å². The Bertz CT molecular complexity index is 620. The predicted molar refractivity (Wildman–Crippen MR) is 99.5 cm³/mol. The number of carbonyl (C=O) groups is 2. The molecule has 1 aromatic carbocycles. The van der Waals surface area contributed by atoms with Gasteiger partial charge < -0.3 is 15.4 Å². The maximum atomic E-state index is 12.1. The van der Waals surface area contributed by atoms with E-state index in [1.165, 1.54) is 0 Å². The monoisotopic (exact) mass is 346 g/mol. The first kappa shape index (κ1) is 19.4. The molecule has 1 aliphatic heterocycles. The van der Waals surface area contributed by atoms with Gasteiger partial charge >= 0.3 is 11.8 Å². The number of rotatable bonds is 4. The van der Waals surface area contributed by atoms with Gasteiger partial charge in [-0.2, -0.15) is 0 Å². The van der Waals surface area contributed by atoms with Crippen molar-refractivity contribution >= 4 is 17.5 Å². The Morgan fingerprint density at radius 2 is 1.96 bits per heavy atom. The van der Waals surface area contributed by atoms with Gasteiger partial charge in [-0.15, -0.1) is 0 Å². The number of nitrogens with one attached hydrogen (secondary N) is 2. The third-order valence-electron chi connectivity index (χ3n) is 4.61. The van der Waals surface area contributed by atoms with E-state index in [0.717, 1.165) is 12.0 Å². The summed E-state index contributed by atoms with van der Waals surface area (Å²) < 4.78 is 5.80. The number of hydrogen-bond donors (Lipinski definition) is 2. The molecule has 1 heterocycles. The lowest BCUT2D eigenvalue weighted by Gasteiger charge is -2.31. The molecule has 1 saturated heterocycles. The van der Waals surface area contributed by atoms with Gasteiger partial charge in [0.25, 0.3) is 0 Å². The standard InChI is InChI=1S/C20H30N2O3/c1-13(2)14-7-6-8-16(11-14)22-19(24)18(23)21-12-15-9-10-25-17(15)20(3,4)5/h6-8,11,13,15,17H,9-10,12H2,1-5H3,(H,21,23)(H,22,24)/t15-,17-/m0/s1. The summed E-state index contributed by atoms with van der Waals surface area (Å²) in [6.07, 6.45) is 0.999. The second kappa shape index (κ2) is 8.00.